The van der Waals surface area contributed by atoms with E-state index in [1.807, 2.05) is 56.3 Å². The highest BCUT2D eigenvalue weighted by Gasteiger charge is 2.47. The van der Waals surface area contributed by atoms with Crippen LogP contribution in [0.2, 0.25) is 18.1 Å². The average Bonchev–Trinajstić information content (AvgIpc) is 3.21. The van der Waals surface area contributed by atoms with Gasteiger partial charge in [-0.1, -0.05) is 102 Å². The highest BCUT2D eigenvalue weighted by Crippen LogP contribution is 2.43. The summed E-state index contributed by atoms with van der Waals surface area (Å²) in [5, 5.41) is 9.39. The lowest BCUT2D eigenvalue weighted by atomic mass is 9.89. The number of hydrogen-bond donors (Lipinski definition) is 1. The van der Waals surface area contributed by atoms with E-state index in [9.17, 15) is 14.7 Å². The number of aliphatic carboxylic acids is 1. The van der Waals surface area contributed by atoms with Crippen LogP contribution in [0, 0.1) is 23.7 Å². The van der Waals surface area contributed by atoms with E-state index in [4.69, 9.17) is 9.16 Å². The highest BCUT2D eigenvalue weighted by molar-refractivity contribution is 6.74. The third-order valence-electron chi connectivity index (χ3n) is 9.02. The van der Waals surface area contributed by atoms with Crippen molar-refractivity contribution in [3.63, 3.8) is 0 Å². The van der Waals surface area contributed by atoms with Crippen molar-refractivity contribution in [2.45, 2.75) is 117 Å². The number of ketones is 1. The molecule has 44 heavy (non-hydrogen) atoms. The van der Waals surface area contributed by atoms with Gasteiger partial charge >= 0.3 is 5.97 Å². The smallest absolute Gasteiger partial charge is 0.306 e. The second-order valence-electron chi connectivity index (χ2n) is 13.8. The quantitative estimate of drug-likeness (QED) is 0.137. The minimum Gasteiger partial charge on any atom is -0.481 e. The van der Waals surface area contributed by atoms with Crippen LogP contribution in [-0.2, 0) is 25.4 Å². The van der Waals surface area contributed by atoms with Gasteiger partial charge in [-0.3, -0.25) is 9.59 Å². The molecule has 2 rings (SSSR count). The largest absolute Gasteiger partial charge is 0.481 e. The van der Waals surface area contributed by atoms with Gasteiger partial charge in [-0.05, 0) is 61.4 Å². The van der Waals surface area contributed by atoms with E-state index >= 15 is 8.78 Å². The van der Waals surface area contributed by atoms with Gasteiger partial charge in [0.05, 0.1) is 18.6 Å². The monoisotopic (exact) mass is 632 g/mol. The Balaban J connectivity index is 2.35. The summed E-state index contributed by atoms with van der Waals surface area (Å²) in [6.45, 7) is 16.3. The fraction of sp³-hybridized carbons (Fsp3) is 0.611. The fourth-order valence-corrected chi connectivity index (χ4v) is 6.57. The van der Waals surface area contributed by atoms with E-state index in [1.165, 1.54) is 12.2 Å². The molecule has 1 aromatic carbocycles. The van der Waals surface area contributed by atoms with Gasteiger partial charge < -0.3 is 14.3 Å². The second-order valence-corrected chi connectivity index (χ2v) is 18.6. The molecule has 1 aliphatic carbocycles. The summed E-state index contributed by atoms with van der Waals surface area (Å²) in [5.74, 6) is -5.20. The summed E-state index contributed by atoms with van der Waals surface area (Å²) in [4.78, 5) is 24.9. The number of alkyl halides is 2. The number of halogens is 2. The molecule has 0 spiro atoms. The predicted octanol–water partition coefficient (Wildman–Crippen LogP) is 9.41. The SMILES string of the molecule is CC/C=C/C(F)(F)C(/C=C/[C@H]1[C@H](O[Si](C)(C)C(C)(C)C)CC(=O)[C@@H]1C/C=C\CCC(C(=O)O)C(C)C)OCc1ccccc1. The van der Waals surface area contributed by atoms with Gasteiger partial charge in [0.1, 0.15) is 11.9 Å². The first kappa shape index (κ1) is 37.8. The van der Waals surface area contributed by atoms with Gasteiger partial charge in [0.25, 0.3) is 5.92 Å². The summed E-state index contributed by atoms with van der Waals surface area (Å²) >= 11 is 0. The van der Waals surface area contributed by atoms with Gasteiger partial charge in [-0.25, -0.2) is 0 Å². The van der Waals surface area contributed by atoms with Crippen LogP contribution in [0.1, 0.15) is 79.2 Å². The van der Waals surface area contributed by atoms with Gasteiger partial charge in [-0.2, -0.15) is 8.78 Å². The van der Waals surface area contributed by atoms with Gasteiger partial charge in [0, 0.05) is 18.3 Å². The molecule has 8 heteroatoms. The zero-order chi connectivity index (χ0) is 33.1. The van der Waals surface area contributed by atoms with E-state index in [0.717, 1.165) is 11.6 Å². The van der Waals surface area contributed by atoms with E-state index in [0.29, 0.717) is 25.7 Å². The lowest BCUT2D eigenvalue weighted by Crippen LogP contribution is -2.45. The number of Topliss-reactive ketones (excluding diaryl/α,β-unsaturated/α-hetero) is 1. The number of carbonyl (C=O) groups is 2. The molecule has 0 radical (unpaired) electrons. The zero-order valence-corrected chi connectivity index (χ0v) is 28.9. The first-order valence-electron chi connectivity index (χ1n) is 16.0. The van der Waals surface area contributed by atoms with Crippen LogP contribution in [-0.4, -0.2) is 43.3 Å². The van der Waals surface area contributed by atoms with Crippen molar-refractivity contribution in [3.05, 3.63) is 72.4 Å². The Morgan fingerprint density at radius 1 is 1.11 bits per heavy atom. The number of carbonyl (C=O) groups excluding carboxylic acids is 1. The first-order chi connectivity index (χ1) is 20.5. The molecule has 1 aromatic rings. The molecule has 0 bridgehead atoms. The van der Waals surface area contributed by atoms with Crippen LogP contribution in [0.4, 0.5) is 8.78 Å². The normalized spacial score (nSPS) is 21.7. The Hall–Kier alpha value is -2.42. The Morgan fingerprint density at radius 2 is 1.77 bits per heavy atom. The molecule has 1 N–H and O–H groups in total. The third kappa shape index (κ3) is 11.2. The fourth-order valence-electron chi connectivity index (χ4n) is 5.21. The molecular formula is C36H54F2O5Si. The molecule has 0 saturated heterocycles. The number of carboxylic acids is 1. The summed E-state index contributed by atoms with van der Waals surface area (Å²) in [7, 11) is -2.27. The minimum atomic E-state index is -3.24. The average molecular weight is 633 g/mol. The Kier molecular flexibility index (Phi) is 14.4. The Morgan fingerprint density at radius 3 is 2.34 bits per heavy atom. The number of rotatable bonds is 17. The lowest BCUT2D eigenvalue weighted by molar-refractivity contribution is -0.143. The van der Waals surface area contributed by atoms with Crippen molar-refractivity contribution in [2.24, 2.45) is 23.7 Å². The first-order valence-corrected chi connectivity index (χ1v) is 18.9. The molecule has 0 heterocycles. The maximum absolute atomic E-state index is 15.4. The molecule has 0 aromatic heterocycles. The van der Waals surface area contributed by atoms with Crippen molar-refractivity contribution in [1.82, 2.24) is 0 Å². The van der Waals surface area contributed by atoms with E-state index < -0.39 is 50.2 Å². The maximum atomic E-state index is 15.4. The van der Waals surface area contributed by atoms with Crippen molar-refractivity contribution < 1.29 is 32.6 Å². The Bertz CT molecular complexity index is 1140. The number of benzene rings is 1. The minimum absolute atomic E-state index is 0.0266. The van der Waals surface area contributed by atoms with Crippen molar-refractivity contribution >= 4 is 20.1 Å². The van der Waals surface area contributed by atoms with Crippen molar-refractivity contribution in [1.29, 1.82) is 0 Å². The van der Waals surface area contributed by atoms with E-state index in [1.54, 1.807) is 13.0 Å². The summed E-state index contributed by atoms with van der Waals surface area (Å²) in [6.07, 6.45) is 9.67. The molecular weight excluding hydrogens is 578 g/mol. The van der Waals surface area contributed by atoms with Gasteiger partial charge in [0.2, 0.25) is 0 Å². The van der Waals surface area contributed by atoms with Crippen molar-refractivity contribution in [3.8, 4) is 0 Å². The van der Waals surface area contributed by atoms with Crippen LogP contribution in [0.3, 0.4) is 0 Å². The summed E-state index contributed by atoms with van der Waals surface area (Å²) < 4.78 is 43.4. The maximum Gasteiger partial charge on any atom is 0.306 e. The lowest BCUT2D eigenvalue weighted by Gasteiger charge is -2.39. The van der Waals surface area contributed by atoms with Crippen molar-refractivity contribution in [2.75, 3.05) is 0 Å². The van der Waals surface area contributed by atoms with Crippen LogP contribution >= 0.6 is 0 Å². The van der Waals surface area contributed by atoms with E-state index in [2.05, 4.69) is 33.9 Å². The van der Waals surface area contributed by atoms with Crippen LogP contribution in [0.5, 0.6) is 0 Å². The molecule has 0 aliphatic heterocycles. The second kappa shape index (κ2) is 16.8. The summed E-state index contributed by atoms with van der Waals surface area (Å²) in [5.41, 5.74) is 0.793. The molecule has 2 unspecified atom stereocenters. The van der Waals surface area contributed by atoms with E-state index in [-0.39, 0.29) is 29.8 Å². The molecule has 246 valence electrons. The molecule has 5 nitrogen and oxygen atoms in total. The standard InChI is InChI=1S/C36H54F2O5Si/c1-9-10-23-36(37,38)33(42-25-27-17-13-11-14-18-27)22-21-30-29(20-16-12-15-19-28(26(2)3)34(40)41)31(39)24-32(30)43-44(7,8)35(4,5)6/h10-14,16-18,21-23,26,28-30,32-33H,9,15,19-20,24-25H2,1-8H3,(H,40,41)/b16-12-,22-21+,23-10+/t28?,29-,30-,32-,33?/m1/s1. The predicted molar refractivity (Wildman–Crippen MR) is 176 cm³/mol. The van der Waals surface area contributed by atoms with Crippen LogP contribution in [0.15, 0.2) is 66.8 Å². The number of ether oxygens (including phenoxy) is 1. The van der Waals surface area contributed by atoms with Gasteiger partial charge in [0.15, 0.2) is 8.32 Å². The number of hydrogen-bond acceptors (Lipinski definition) is 4. The molecule has 0 amide bonds. The Labute approximate surface area is 264 Å². The molecule has 1 aliphatic rings. The van der Waals surface area contributed by atoms with Crippen LogP contribution < -0.4 is 0 Å². The molecule has 1 saturated carbocycles. The topological polar surface area (TPSA) is 72.8 Å². The number of carboxylic acid groups (broad SMARTS) is 1. The van der Waals surface area contributed by atoms with Crippen LogP contribution in [0.25, 0.3) is 0 Å². The highest BCUT2D eigenvalue weighted by atomic mass is 28.4. The zero-order valence-electron chi connectivity index (χ0n) is 27.9. The third-order valence-corrected chi connectivity index (χ3v) is 13.5. The molecule has 1 fully saturated rings. The molecule has 5 atom stereocenters. The van der Waals surface area contributed by atoms with Gasteiger partial charge in [-0.15, -0.1) is 0 Å². The number of allylic oxidation sites excluding steroid dienone is 3. The summed E-state index contributed by atoms with van der Waals surface area (Å²) in [6, 6.07) is 9.22.